The third kappa shape index (κ3) is 2.23. The molecule has 2 aromatic rings. The van der Waals surface area contributed by atoms with Crippen molar-refractivity contribution in [1.29, 1.82) is 0 Å². The van der Waals surface area contributed by atoms with Crippen molar-refractivity contribution < 1.29 is 9.13 Å². The van der Waals surface area contributed by atoms with E-state index in [4.69, 9.17) is 4.74 Å². The van der Waals surface area contributed by atoms with Gasteiger partial charge in [-0.25, -0.2) is 14.4 Å². The lowest BCUT2D eigenvalue weighted by Gasteiger charge is -2.03. The summed E-state index contributed by atoms with van der Waals surface area (Å²) in [6.07, 6.45) is 3.48. The third-order valence-electron chi connectivity index (χ3n) is 2.16. The SMILES string of the molecule is COCc1ccc(-c2n[c]ncc2F)cc1. The van der Waals surface area contributed by atoms with E-state index in [1.54, 1.807) is 19.2 Å². The van der Waals surface area contributed by atoms with E-state index >= 15 is 0 Å². The standard InChI is InChI=1S/C12H10FN2O/c1-16-7-9-2-4-10(5-3-9)12-11(13)6-14-8-15-12/h2-6H,7H2,1H3. The van der Waals surface area contributed by atoms with Gasteiger partial charge in [0.1, 0.15) is 5.69 Å². The zero-order valence-corrected chi connectivity index (χ0v) is 8.77. The van der Waals surface area contributed by atoms with Gasteiger partial charge in [-0.2, -0.15) is 0 Å². The van der Waals surface area contributed by atoms with Crippen LogP contribution >= 0.6 is 0 Å². The molecule has 4 heteroatoms. The summed E-state index contributed by atoms with van der Waals surface area (Å²) < 4.78 is 18.3. The molecule has 0 aliphatic rings. The topological polar surface area (TPSA) is 35.0 Å². The normalized spacial score (nSPS) is 10.4. The maximum Gasteiger partial charge on any atom is 0.198 e. The smallest absolute Gasteiger partial charge is 0.198 e. The molecule has 0 amide bonds. The Morgan fingerprint density at radius 2 is 2.06 bits per heavy atom. The summed E-state index contributed by atoms with van der Waals surface area (Å²) in [6, 6.07) is 7.35. The van der Waals surface area contributed by atoms with E-state index in [1.807, 2.05) is 12.1 Å². The molecule has 1 aromatic carbocycles. The highest BCUT2D eigenvalue weighted by Gasteiger charge is 2.05. The van der Waals surface area contributed by atoms with E-state index in [0.29, 0.717) is 12.2 Å². The number of aromatic nitrogens is 2. The van der Waals surface area contributed by atoms with E-state index in [0.717, 1.165) is 11.8 Å². The van der Waals surface area contributed by atoms with Crippen LogP contribution in [0.15, 0.2) is 30.5 Å². The molecule has 0 aliphatic heterocycles. The van der Waals surface area contributed by atoms with Crippen LogP contribution < -0.4 is 0 Å². The van der Waals surface area contributed by atoms with Gasteiger partial charge in [-0.3, -0.25) is 0 Å². The Morgan fingerprint density at radius 1 is 1.31 bits per heavy atom. The molecule has 0 unspecified atom stereocenters. The molecule has 3 nitrogen and oxygen atoms in total. The minimum Gasteiger partial charge on any atom is -0.380 e. The van der Waals surface area contributed by atoms with Gasteiger partial charge in [0, 0.05) is 12.7 Å². The van der Waals surface area contributed by atoms with Crippen LogP contribution in [0.3, 0.4) is 0 Å². The molecule has 0 saturated carbocycles. The van der Waals surface area contributed by atoms with Crippen LogP contribution in [0.4, 0.5) is 4.39 Å². The Bertz CT molecular complexity index is 471. The molecule has 1 heterocycles. The zero-order chi connectivity index (χ0) is 11.4. The highest BCUT2D eigenvalue weighted by molar-refractivity contribution is 5.59. The second-order valence-electron chi connectivity index (χ2n) is 3.30. The second-order valence-corrected chi connectivity index (χ2v) is 3.30. The summed E-state index contributed by atoms with van der Waals surface area (Å²) in [4.78, 5) is 7.27. The van der Waals surface area contributed by atoms with Gasteiger partial charge < -0.3 is 4.74 Å². The first-order valence-corrected chi connectivity index (χ1v) is 4.78. The van der Waals surface area contributed by atoms with Gasteiger partial charge >= 0.3 is 0 Å². The van der Waals surface area contributed by atoms with Gasteiger partial charge in [0.2, 0.25) is 0 Å². The molecule has 81 valence electrons. The molecule has 0 saturated heterocycles. The van der Waals surface area contributed by atoms with E-state index in [9.17, 15) is 4.39 Å². The molecule has 16 heavy (non-hydrogen) atoms. The molecular weight excluding hydrogens is 207 g/mol. The van der Waals surface area contributed by atoms with Crippen molar-refractivity contribution in [3.05, 3.63) is 48.2 Å². The summed E-state index contributed by atoms with van der Waals surface area (Å²) in [5.74, 6) is -0.446. The van der Waals surface area contributed by atoms with E-state index in [2.05, 4.69) is 16.3 Å². The fourth-order valence-corrected chi connectivity index (χ4v) is 1.41. The Hall–Kier alpha value is -1.81. The number of halogens is 1. The number of benzene rings is 1. The monoisotopic (exact) mass is 217 g/mol. The molecule has 0 atom stereocenters. The summed E-state index contributed by atoms with van der Waals surface area (Å²) in [6.45, 7) is 0.540. The van der Waals surface area contributed by atoms with Crippen molar-refractivity contribution in [3.63, 3.8) is 0 Å². The van der Waals surface area contributed by atoms with E-state index < -0.39 is 5.82 Å². The minimum atomic E-state index is -0.446. The molecule has 1 radical (unpaired) electrons. The quantitative estimate of drug-likeness (QED) is 0.790. The largest absolute Gasteiger partial charge is 0.380 e. The number of ether oxygens (including phenoxy) is 1. The van der Waals surface area contributed by atoms with Gasteiger partial charge in [0.25, 0.3) is 0 Å². The molecule has 1 aromatic heterocycles. The Balaban J connectivity index is 2.31. The summed E-state index contributed by atoms with van der Waals surface area (Å²) in [7, 11) is 1.63. The predicted octanol–water partition coefficient (Wildman–Crippen LogP) is 2.23. The lowest BCUT2D eigenvalue weighted by molar-refractivity contribution is 0.185. The molecule has 0 aliphatic carbocycles. The Labute approximate surface area is 92.9 Å². The van der Waals surface area contributed by atoms with Crippen LogP contribution in [-0.2, 0) is 11.3 Å². The number of rotatable bonds is 3. The zero-order valence-electron chi connectivity index (χ0n) is 8.77. The first-order chi connectivity index (χ1) is 7.81. The third-order valence-corrected chi connectivity index (χ3v) is 2.16. The van der Waals surface area contributed by atoms with Crippen molar-refractivity contribution in [2.24, 2.45) is 0 Å². The molecule has 0 spiro atoms. The summed E-state index contributed by atoms with van der Waals surface area (Å²) in [5.41, 5.74) is 2.00. The van der Waals surface area contributed by atoms with Crippen LogP contribution in [0.2, 0.25) is 0 Å². The molecule has 2 rings (SSSR count). The van der Waals surface area contributed by atoms with Gasteiger partial charge in [0.05, 0.1) is 12.8 Å². The van der Waals surface area contributed by atoms with Crippen LogP contribution in [0, 0.1) is 12.1 Å². The number of methoxy groups -OCH3 is 1. The van der Waals surface area contributed by atoms with E-state index in [1.165, 1.54) is 0 Å². The lowest BCUT2D eigenvalue weighted by Crippen LogP contribution is -1.92. The number of hydrogen-bond donors (Lipinski definition) is 0. The van der Waals surface area contributed by atoms with Crippen molar-refractivity contribution in [3.8, 4) is 11.3 Å². The fraction of sp³-hybridized carbons (Fsp3) is 0.167. The molecule has 0 fully saturated rings. The van der Waals surface area contributed by atoms with Crippen molar-refractivity contribution in [2.45, 2.75) is 6.61 Å². The van der Waals surface area contributed by atoms with Crippen molar-refractivity contribution >= 4 is 0 Å². The first-order valence-electron chi connectivity index (χ1n) is 4.78. The van der Waals surface area contributed by atoms with Gasteiger partial charge in [0.15, 0.2) is 12.1 Å². The van der Waals surface area contributed by atoms with Crippen LogP contribution in [0.5, 0.6) is 0 Å². The van der Waals surface area contributed by atoms with Crippen molar-refractivity contribution in [1.82, 2.24) is 9.97 Å². The number of hydrogen-bond acceptors (Lipinski definition) is 3. The molecular formula is C12H10FN2O. The van der Waals surface area contributed by atoms with Gasteiger partial charge in [-0.1, -0.05) is 24.3 Å². The van der Waals surface area contributed by atoms with E-state index in [-0.39, 0.29) is 5.69 Å². The average Bonchev–Trinajstić information content (AvgIpc) is 2.31. The lowest BCUT2D eigenvalue weighted by atomic mass is 10.1. The van der Waals surface area contributed by atoms with Gasteiger partial charge in [-0.15, -0.1) is 0 Å². The molecule has 0 bridgehead atoms. The predicted molar refractivity (Wildman–Crippen MR) is 57.0 cm³/mol. The summed E-state index contributed by atoms with van der Waals surface area (Å²) in [5, 5.41) is 0. The Morgan fingerprint density at radius 3 is 2.69 bits per heavy atom. The number of nitrogens with zero attached hydrogens (tertiary/aromatic N) is 2. The van der Waals surface area contributed by atoms with Crippen LogP contribution in [0.1, 0.15) is 5.56 Å². The van der Waals surface area contributed by atoms with Crippen LogP contribution in [0.25, 0.3) is 11.3 Å². The first kappa shape index (κ1) is 10.7. The van der Waals surface area contributed by atoms with Crippen LogP contribution in [-0.4, -0.2) is 17.1 Å². The average molecular weight is 217 g/mol. The van der Waals surface area contributed by atoms with Crippen molar-refractivity contribution in [2.75, 3.05) is 7.11 Å². The summed E-state index contributed by atoms with van der Waals surface area (Å²) >= 11 is 0. The highest BCUT2D eigenvalue weighted by Crippen LogP contribution is 2.19. The fourth-order valence-electron chi connectivity index (χ4n) is 1.41. The maximum atomic E-state index is 13.4. The minimum absolute atomic E-state index is 0.263. The molecule has 0 N–H and O–H groups in total. The second kappa shape index (κ2) is 4.81. The van der Waals surface area contributed by atoms with Gasteiger partial charge in [-0.05, 0) is 5.56 Å². The highest BCUT2D eigenvalue weighted by atomic mass is 19.1. The maximum absolute atomic E-state index is 13.4. The Kier molecular flexibility index (Phi) is 3.22.